The van der Waals surface area contributed by atoms with Gasteiger partial charge in [-0.05, 0) is 23.1 Å². The van der Waals surface area contributed by atoms with Crippen molar-refractivity contribution in [2.24, 2.45) is 5.73 Å². The minimum absolute atomic E-state index is 0.0107. The third kappa shape index (κ3) is 2.93. The van der Waals surface area contributed by atoms with Gasteiger partial charge in [0.1, 0.15) is 11.9 Å². The molecule has 2 nitrogen and oxygen atoms in total. The molecule has 0 spiro atoms. The summed E-state index contributed by atoms with van der Waals surface area (Å²) in [6.45, 7) is 0. The lowest BCUT2D eigenvalue weighted by atomic mass is 9.97. The molecular weight excluding hydrogens is 294 g/mol. The van der Waals surface area contributed by atoms with E-state index in [9.17, 15) is 0 Å². The van der Waals surface area contributed by atoms with Gasteiger partial charge in [-0.3, -0.25) is 0 Å². The van der Waals surface area contributed by atoms with Gasteiger partial charge in [0, 0.05) is 18.0 Å². The van der Waals surface area contributed by atoms with Gasteiger partial charge >= 0.3 is 0 Å². The highest BCUT2D eigenvalue weighted by Gasteiger charge is 2.30. The normalized spacial score (nSPS) is 17.1. The molecule has 24 heavy (non-hydrogen) atoms. The van der Waals surface area contributed by atoms with Gasteiger partial charge < -0.3 is 10.5 Å². The number of hydrogen-bond donors (Lipinski definition) is 1. The molecule has 2 heteroatoms. The fraction of sp³-hybridized carbons (Fsp3) is 0.182. The second-order valence-corrected chi connectivity index (χ2v) is 6.37. The summed E-state index contributed by atoms with van der Waals surface area (Å²) in [5.41, 5.74) is 11.3. The van der Waals surface area contributed by atoms with E-state index in [0.29, 0.717) is 0 Å². The Bertz CT molecular complexity index is 814. The van der Waals surface area contributed by atoms with Crippen molar-refractivity contribution in [1.82, 2.24) is 0 Å². The summed E-state index contributed by atoms with van der Waals surface area (Å²) < 4.78 is 6.30. The van der Waals surface area contributed by atoms with E-state index in [1.165, 1.54) is 16.7 Å². The number of nitrogens with two attached hydrogens (primary N) is 1. The Balaban J connectivity index is 1.56. The highest BCUT2D eigenvalue weighted by atomic mass is 16.5. The van der Waals surface area contributed by atoms with Crippen LogP contribution in [-0.4, -0.2) is 12.1 Å². The predicted octanol–water partition coefficient (Wildman–Crippen LogP) is 4.23. The quantitative estimate of drug-likeness (QED) is 0.782. The van der Waals surface area contributed by atoms with E-state index in [-0.39, 0.29) is 12.1 Å². The summed E-state index contributed by atoms with van der Waals surface area (Å²) in [6.07, 6.45) is 1.74. The van der Waals surface area contributed by atoms with Crippen LogP contribution in [0.25, 0.3) is 11.1 Å². The Morgan fingerprint density at radius 1 is 0.875 bits per heavy atom. The summed E-state index contributed by atoms with van der Waals surface area (Å²) in [6, 6.07) is 27.1. The molecule has 0 radical (unpaired) electrons. The first-order valence-corrected chi connectivity index (χ1v) is 8.45. The highest BCUT2D eigenvalue weighted by Crippen LogP contribution is 2.39. The SMILES string of the molecule is NC(Cc1ccccc1)C1Cc2cccc(-c3ccccc3)c2O1. The molecule has 0 aromatic heterocycles. The first-order valence-electron chi connectivity index (χ1n) is 8.45. The van der Waals surface area contributed by atoms with Gasteiger partial charge in [0.15, 0.2) is 0 Å². The number of rotatable bonds is 4. The molecule has 0 saturated heterocycles. The number of benzene rings is 3. The maximum absolute atomic E-state index is 6.45. The van der Waals surface area contributed by atoms with Gasteiger partial charge in [0.05, 0.1) is 0 Å². The number of ether oxygens (including phenoxy) is 1. The Morgan fingerprint density at radius 2 is 1.58 bits per heavy atom. The molecule has 4 rings (SSSR count). The molecule has 0 bridgehead atoms. The molecule has 1 heterocycles. The average Bonchev–Trinajstić information content (AvgIpc) is 3.08. The largest absolute Gasteiger partial charge is 0.488 e. The number of fused-ring (bicyclic) bond motifs is 1. The summed E-state index contributed by atoms with van der Waals surface area (Å²) in [7, 11) is 0. The van der Waals surface area contributed by atoms with Crippen molar-refractivity contribution < 1.29 is 4.74 Å². The molecule has 1 aliphatic heterocycles. The third-order valence-electron chi connectivity index (χ3n) is 4.66. The first-order chi connectivity index (χ1) is 11.8. The second kappa shape index (κ2) is 6.50. The van der Waals surface area contributed by atoms with Crippen molar-refractivity contribution in [3.05, 3.63) is 90.0 Å². The van der Waals surface area contributed by atoms with Crippen molar-refractivity contribution in [3.8, 4) is 16.9 Å². The lowest BCUT2D eigenvalue weighted by Crippen LogP contribution is -2.39. The highest BCUT2D eigenvalue weighted by molar-refractivity contribution is 5.73. The summed E-state index contributed by atoms with van der Waals surface area (Å²) in [5, 5.41) is 0. The van der Waals surface area contributed by atoms with Crippen LogP contribution in [0.15, 0.2) is 78.9 Å². The molecule has 0 fully saturated rings. The number of para-hydroxylation sites is 1. The zero-order chi connectivity index (χ0) is 16.4. The molecular formula is C22H21NO. The predicted molar refractivity (Wildman–Crippen MR) is 98.1 cm³/mol. The van der Waals surface area contributed by atoms with E-state index < -0.39 is 0 Å². The van der Waals surface area contributed by atoms with E-state index in [1.54, 1.807) is 0 Å². The smallest absolute Gasteiger partial charge is 0.130 e. The topological polar surface area (TPSA) is 35.2 Å². The van der Waals surface area contributed by atoms with Crippen LogP contribution in [0.1, 0.15) is 11.1 Å². The van der Waals surface area contributed by atoms with Crippen LogP contribution in [-0.2, 0) is 12.8 Å². The van der Waals surface area contributed by atoms with Gasteiger partial charge in [0.25, 0.3) is 0 Å². The lowest BCUT2D eigenvalue weighted by Gasteiger charge is -2.20. The van der Waals surface area contributed by atoms with Gasteiger partial charge in [-0.1, -0.05) is 78.9 Å². The third-order valence-corrected chi connectivity index (χ3v) is 4.66. The monoisotopic (exact) mass is 315 g/mol. The van der Waals surface area contributed by atoms with Gasteiger partial charge in [-0.2, -0.15) is 0 Å². The minimum atomic E-state index is -0.0107. The molecule has 2 unspecified atom stereocenters. The number of hydrogen-bond acceptors (Lipinski definition) is 2. The van der Waals surface area contributed by atoms with E-state index in [2.05, 4.69) is 66.7 Å². The van der Waals surface area contributed by atoms with Crippen molar-refractivity contribution in [2.45, 2.75) is 25.0 Å². The van der Waals surface area contributed by atoms with Crippen molar-refractivity contribution in [1.29, 1.82) is 0 Å². The Kier molecular flexibility index (Phi) is 4.06. The van der Waals surface area contributed by atoms with Crippen LogP contribution < -0.4 is 10.5 Å². The Morgan fingerprint density at radius 3 is 2.33 bits per heavy atom. The zero-order valence-electron chi connectivity index (χ0n) is 13.6. The fourth-order valence-electron chi connectivity index (χ4n) is 3.40. The summed E-state index contributed by atoms with van der Waals surface area (Å²) >= 11 is 0. The van der Waals surface area contributed by atoms with Crippen LogP contribution in [0.2, 0.25) is 0 Å². The molecule has 0 saturated carbocycles. The van der Waals surface area contributed by atoms with Crippen molar-refractivity contribution >= 4 is 0 Å². The van der Waals surface area contributed by atoms with Crippen LogP contribution in [0.4, 0.5) is 0 Å². The zero-order valence-corrected chi connectivity index (χ0v) is 13.6. The van der Waals surface area contributed by atoms with Gasteiger partial charge in [-0.25, -0.2) is 0 Å². The van der Waals surface area contributed by atoms with Gasteiger partial charge in [0.2, 0.25) is 0 Å². The second-order valence-electron chi connectivity index (χ2n) is 6.37. The molecule has 0 aliphatic carbocycles. The van der Waals surface area contributed by atoms with Crippen LogP contribution >= 0.6 is 0 Å². The van der Waals surface area contributed by atoms with Crippen LogP contribution in [0, 0.1) is 0 Å². The average molecular weight is 315 g/mol. The Labute approximate surface area is 142 Å². The van der Waals surface area contributed by atoms with Crippen molar-refractivity contribution in [3.63, 3.8) is 0 Å². The van der Waals surface area contributed by atoms with E-state index in [0.717, 1.165) is 24.2 Å². The standard InChI is InChI=1S/C22H21NO/c23-20(14-16-8-3-1-4-9-16)21-15-18-12-7-13-19(22(18)24-21)17-10-5-2-6-11-17/h1-13,20-21H,14-15,23H2. The van der Waals surface area contributed by atoms with E-state index in [1.807, 2.05) is 12.1 Å². The molecule has 2 atom stereocenters. The maximum atomic E-state index is 6.45. The van der Waals surface area contributed by atoms with Crippen LogP contribution in [0.5, 0.6) is 5.75 Å². The molecule has 3 aromatic carbocycles. The molecule has 3 aromatic rings. The summed E-state index contributed by atoms with van der Waals surface area (Å²) in [5.74, 6) is 0.997. The van der Waals surface area contributed by atoms with Crippen molar-refractivity contribution in [2.75, 3.05) is 0 Å². The Hall–Kier alpha value is -2.58. The first kappa shape index (κ1) is 15.0. The molecule has 0 amide bonds. The molecule has 2 N–H and O–H groups in total. The van der Waals surface area contributed by atoms with Crippen LogP contribution in [0.3, 0.4) is 0 Å². The van der Waals surface area contributed by atoms with E-state index in [4.69, 9.17) is 10.5 Å². The summed E-state index contributed by atoms with van der Waals surface area (Å²) in [4.78, 5) is 0. The molecule has 1 aliphatic rings. The fourth-order valence-corrected chi connectivity index (χ4v) is 3.40. The maximum Gasteiger partial charge on any atom is 0.130 e. The van der Waals surface area contributed by atoms with E-state index >= 15 is 0 Å². The lowest BCUT2D eigenvalue weighted by molar-refractivity contribution is 0.199. The molecule has 120 valence electrons. The van der Waals surface area contributed by atoms with Gasteiger partial charge in [-0.15, -0.1) is 0 Å². The minimum Gasteiger partial charge on any atom is -0.488 e.